The van der Waals surface area contributed by atoms with Crippen molar-refractivity contribution in [3.8, 4) is 0 Å². The van der Waals surface area contributed by atoms with Crippen LogP contribution in [0.5, 0.6) is 0 Å². The Morgan fingerprint density at radius 3 is 3.00 bits per heavy atom. The summed E-state index contributed by atoms with van der Waals surface area (Å²) in [5.74, 6) is 0. The average molecular weight is 303 g/mol. The van der Waals surface area contributed by atoms with E-state index in [-0.39, 0.29) is 0 Å². The summed E-state index contributed by atoms with van der Waals surface area (Å²) in [6, 6.07) is 2.99. The van der Waals surface area contributed by atoms with Gasteiger partial charge in [-0.1, -0.05) is 0 Å². The molecule has 1 aromatic heterocycles. The molecule has 2 heterocycles. The molecule has 1 atom stereocenters. The van der Waals surface area contributed by atoms with E-state index in [1.165, 1.54) is 35.3 Å². The van der Waals surface area contributed by atoms with Gasteiger partial charge in [-0.05, 0) is 55.5 Å². The fraction of sp³-hybridized carbons (Fsp3) is 0.667. The zero-order chi connectivity index (χ0) is 11.5. The number of halogens is 1. The van der Waals surface area contributed by atoms with Crippen molar-refractivity contribution in [1.82, 2.24) is 9.80 Å². The Morgan fingerprint density at radius 1 is 1.56 bits per heavy atom. The van der Waals surface area contributed by atoms with Crippen LogP contribution in [0.15, 0.2) is 15.9 Å². The first-order valence-electron chi connectivity index (χ1n) is 5.77. The Morgan fingerprint density at radius 2 is 2.38 bits per heavy atom. The highest BCUT2D eigenvalue weighted by Crippen LogP contribution is 2.25. The lowest BCUT2D eigenvalue weighted by Crippen LogP contribution is -2.36. The molecule has 1 aromatic rings. The van der Waals surface area contributed by atoms with Gasteiger partial charge >= 0.3 is 0 Å². The Bertz CT molecular complexity index is 338. The van der Waals surface area contributed by atoms with Crippen LogP contribution >= 0.6 is 27.3 Å². The number of nitrogens with zero attached hydrogens (tertiary/aromatic N) is 2. The maximum absolute atomic E-state index is 3.52. The Kier molecular flexibility index (Phi) is 4.41. The highest BCUT2D eigenvalue weighted by atomic mass is 79.9. The first-order valence-corrected chi connectivity index (χ1v) is 7.44. The second kappa shape index (κ2) is 5.63. The largest absolute Gasteiger partial charge is 0.308 e. The zero-order valence-corrected chi connectivity index (χ0v) is 12.4. The van der Waals surface area contributed by atoms with Crippen LogP contribution in [0.25, 0.3) is 0 Å². The minimum atomic E-state index is 0.746. The standard InChI is InChI=1S/C12H19BrN2S/c1-14(2)7-11-4-3-5-15(11)8-12-6-10(13)9-16-12/h6,9,11H,3-5,7-8H2,1-2H3. The lowest BCUT2D eigenvalue weighted by Gasteiger charge is -2.26. The van der Waals surface area contributed by atoms with Crippen LogP contribution in [0.3, 0.4) is 0 Å². The minimum Gasteiger partial charge on any atom is -0.308 e. The van der Waals surface area contributed by atoms with Gasteiger partial charge in [0.15, 0.2) is 0 Å². The molecule has 4 heteroatoms. The number of hydrogen-bond acceptors (Lipinski definition) is 3. The highest BCUT2D eigenvalue weighted by molar-refractivity contribution is 9.10. The van der Waals surface area contributed by atoms with Crippen molar-refractivity contribution < 1.29 is 0 Å². The van der Waals surface area contributed by atoms with E-state index in [0.717, 1.165) is 12.6 Å². The van der Waals surface area contributed by atoms with E-state index in [1.54, 1.807) is 0 Å². The monoisotopic (exact) mass is 302 g/mol. The van der Waals surface area contributed by atoms with Gasteiger partial charge in [0.1, 0.15) is 0 Å². The highest BCUT2D eigenvalue weighted by Gasteiger charge is 2.24. The van der Waals surface area contributed by atoms with Crippen molar-refractivity contribution >= 4 is 27.3 Å². The van der Waals surface area contributed by atoms with Crippen molar-refractivity contribution in [3.05, 3.63) is 20.8 Å². The van der Waals surface area contributed by atoms with Crippen molar-refractivity contribution in [2.24, 2.45) is 0 Å². The van der Waals surface area contributed by atoms with E-state index in [4.69, 9.17) is 0 Å². The molecule has 1 saturated heterocycles. The van der Waals surface area contributed by atoms with Gasteiger partial charge in [-0.3, -0.25) is 4.90 Å². The molecule has 0 amide bonds. The molecule has 2 rings (SSSR count). The summed E-state index contributed by atoms with van der Waals surface area (Å²) in [5.41, 5.74) is 0. The second-order valence-electron chi connectivity index (χ2n) is 4.76. The van der Waals surface area contributed by atoms with Crippen LogP contribution in [0.2, 0.25) is 0 Å². The van der Waals surface area contributed by atoms with Crippen molar-refractivity contribution in [2.75, 3.05) is 27.2 Å². The molecule has 0 radical (unpaired) electrons. The molecule has 16 heavy (non-hydrogen) atoms. The second-order valence-corrected chi connectivity index (χ2v) is 6.67. The summed E-state index contributed by atoms with van der Waals surface area (Å²) < 4.78 is 1.22. The molecular formula is C12H19BrN2S. The SMILES string of the molecule is CN(C)CC1CCCN1Cc1cc(Br)cs1. The Labute approximate surface area is 110 Å². The quantitative estimate of drug-likeness (QED) is 0.843. The number of hydrogen-bond donors (Lipinski definition) is 0. The summed E-state index contributed by atoms with van der Waals surface area (Å²) in [6.07, 6.45) is 2.70. The molecule has 0 aliphatic carbocycles. The third-order valence-electron chi connectivity index (χ3n) is 3.06. The normalized spacial score (nSPS) is 22.1. The van der Waals surface area contributed by atoms with Gasteiger partial charge in [0, 0.05) is 33.9 Å². The lowest BCUT2D eigenvalue weighted by molar-refractivity contribution is 0.202. The van der Waals surface area contributed by atoms with Gasteiger partial charge in [0.2, 0.25) is 0 Å². The maximum atomic E-state index is 3.52. The summed E-state index contributed by atoms with van der Waals surface area (Å²) in [4.78, 5) is 6.39. The minimum absolute atomic E-state index is 0.746. The first kappa shape index (κ1) is 12.6. The van der Waals surface area contributed by atoms with Gasteiger partial charge in [-0.2, -0.15) is 0 Å². The van der Waals surface area contributed by atoms with E-state index in [1.807, 2.05) is 11.3 Å². The Balaban J connectivity index is 1.93. The van der Waals surface area contributed by atoms with Crippen LogP contribution in [0.1, 0.15) is 17.7 Å². The molecule has 0 spiro atoms. The predicted octanol–water partition coefficient (Wildman–Crippen LogP) is 3.04. The molecule has 1 aliphatic rings. The number of likely N-dealkylation sites (tertiary alicyclic amines) is 1. The summed E-state index contributed by atoms with van der Waals surface area (Å²) in [7, 11) is 4.33. The molecule has 0 N–H and O–H groups in total. The number of thiophene rings is 1. The number of rotatable bonds is 4. The third-order valence-corrected chi connectivity index (χ3v) is 4.74. The van der Waals surface area contributed by atoms with Crippen LogP contribution in [-0.2, 0) is 6.54 Å². The molecule has 1 fully saturated rings. The predicted molar refractivity (Wildman–Crippen MR) is 74.0 cm³/mol. The summed E-state index contributed by atoms with van der Waals surface area (Å²) in [5, 5.41) is 2.17. The molecular weight excluding hydrogens is 284 g/mol. The van der Waals surface area contributed by atoms with E-state index >= 15 is 0 Å². The lowest BCUT2D eigenvalue weighted by atomic mass is 10.2. The summed E-state index contributed by atoms with van der Waals surface area (Å²) >= 11 is 5.38. The van der Waals surface area contributed by atoms with Gasteiger partial charge in [0.05, 0.1) is 0 Å². The molecule has 1 aliphatic heterocycles. The fourth-order valence-electron chi connectivity index (χ4n) is 2.37. The maximum Gasteiger partial charge on any atom is 0.0331 e. The van der Waals surface area contributed by atoms with Gasteiger partial charge in [-0.15, -0.1) is 11.3 Å². The number of likely N-dealkylation sites (N-methyl/N-ethyl adjacent to an activating group) is 1. The van der Waals surface area contributed by atoms with Crippen LogP contribution in [0, 0.1) is 0 Å². The zero-order valence-electron chi connectivity index (χ0n) is 9.95. The molecule has 2 nitrogen and oxygen atoms in total. The average Bonchev–Trinajstić information content (AvgIpc) is 2.77. The summed E-state index contributed by atoms with van der Waals surface area (Å²) in [6.45, 7) is 3.56. The molecule has 1 unspecified atom stereocenters. The van der Waals surface area contributed by atoms with Crippen molar-refractivity contribution in [1.29, 1.82) is 0 Å². The van der Waals surface area contributed by atoms with E-state index in [9.17, 15) is 0 Å². The Hall–Kier alpha value is 0.1000. The first-order chi connectivity index (χ1) is 7.65. The van der Waals surface area contributed by atoms with Crippen LogP contribution in [-0.4, -0.2) is 43.0 Å². The molecule has 0 aromatic carbocycles. The fourth-order valence-corrected chi connectivity index (χ4v) is 3.84. The molecule has 90 valence electrons. The van der Waals surface area contributed by atoms with E-state index < -0.39 is 0 Å². The van der Waals surface area contributed by atoms with Crippen LogP contribution in [0.4, 0.5) is 0 Å². The van der Waals surface area contributed by atoms with Crippen LogP contribution < -0.4 is 0 Å². The molecule has 0 saturated carbocycles. The molecule has 0 bridgehead atoms. The van der Waals surface area contributed by atoms with E-state index in [2.05, 4.69) is 51.3 Å². The van der Waals surface area contributed by atoms with Crippen molar-refractivity contribution in [3.63, 3.8) is 0 Å². The smallest absolute Gasteiger partial charge is 0.0331 e. The van der Waals surface area contributed by atoms with Gasteiger partial charge < -0.3 is 4.90 Å². The van der Waals surface area contributed by atoms with Gasteiger partial charge in [-0.25, -0.2) is 0 Å². The van der Waals surface area contributed by atoms with Crippen molar-refractivity contribution in [2.45, 2.75) is 25.4 Å². The van der Waals surface area contributed by atoms with Gasteiger partial charge in [0.25, 0.3) is 0 Å². The third kappa shape index (κ3) is 3.29. The topological polar surface area (TPSA) is 6.48 Å². The van der Waals surface area contributed by atoms with E-state index in [0.29, 0.717) is 0 Å².